The van der Waals surface area contributed by atoms with E-state index in [0.717, 1.165) is 24.8 Å². The molecule has 0 aliphatic carbocycles. The average Bonchev–Trinajstić information content (AvgIpc) is 3.80. The maximum atomic E-state index is 16.9. The maximum Gasteiger partial charge on any atom is 0.410 e. The van der Waals surface area contributed by atoms with E-state index in [4.69, 9.17) is 26.1 Å². The van der Waals surface area contributed by atoms with Gasteiger partial charge < -0.3 is 24.2 Å². The Bertz CT molecular complexity index is 2220. The molecule has 0 spiro atoms. The molecule has 2 aromatic carbocycles. The summed E-state index contributed by atoms with van der Waals surface area (Å²) in [6, 6.07) is 9.57. The second-order valence-corrected chi connectivity index (χ2v) is 16.8. The summed E-state index contributed by atoms with van der Waals surface area (Å²) in [6.07, 6.45) is 4.25. The molecule has 4 aliphatic rings. The van der Waals surface area contributed by atoms with Gasteiger partial charge in [0.15, 0.2) is 5.82 Å². The zero-order chi connectivity index (χ0) is 39.5. The van der Waals surface area contributed by atoms with Gasteiger partial charge in [0.1, 0.15) is 41.6 Å². The van der Waals surface area contributed by atoms with Crippen molar-refractivity contribution in [3.05, 3.63) is 65.6 Å². The summed E-state index contributed by atoms with van der Waals surface area (Å²) < 4.78 is 59.2. The number of benzene rings is 2. The molecule has 6 heterocycles. The molecule has 0 radical (unpaired) electrons. The highest BCUT2D eigenvalue weighted by molar-refractivity contribution is 6.36. The fourth-order valence-electron chi connectivity index (χ4n) is 8.59. The summed E-state index contributed by atoms with van der Waals surface area (Å²) in [5.74, 6) is -0.955. The highest BCUT2D eigenvalue weighted by Gasteiger charge is 2.49. The lowest BCUT2D eigenvalue weighted by Crippen LogP contribution is -2.51. The SMILES string of the molecule is CN(c1nc(OC[C@@]23CCCN2C[C@H](F)C3)nc2c(F)c(-c3cccc4cccc(Cl)c34)ncc12)[C@H]1CN(C(=O)/C=C/[C@H]2CCN2C(=O)OC(C)(C)C)C[C@@H]1F. The molecule has 0 N–H and O–H groups in total. The van der Waals surface area contributed by atoms with Crippen LogP contribution in [0.2, 0.25) is 5.02 Å². The van der Waals surface area contributed by atoms with Gasteiger partial charge in [-0.15, -0.1) is 0 Å². The van der Waals surface area contributed by atoms with Crippen molar-refractivity contribution in [2.45, 2.75) is 82.0 Å². The Balaban J connectivity index is 1.09. The molecular formula is C41H45ClF3N7O4. The first-order chi connectivity index (χ1) is 26.7. The van der Waals surface area contributed by atoms with Crippen LogP contribution in [0.1, 0.15) is 46.5 Å². The fraction of sp³-hybridized carbons (Fsp3) is 0.488. The largest absolute Gasteiger partial charge is 0.461 e. The second-order valence-electron chi connectivity index (χ2n) is 16.3. The lowest BCUT2D eigenvalue weighted by Gasteiger charge is -2.39. The number of anilines is 1. The van der Waals surface area contributed by atoms with Crippen LogP contribution in [0.25, 0.3) is 32.9 Å². The summed E-state index contributed by atoms with van der Waals surface area (Å²) in [6.45, 7) is 6.93. The molecule has 2 amide bonds. The molecule has 4 aliphatic heterocycles. The van der Waals surface area contributed by atoms with Gasteiger partial charge in [0.05, 0.1) is 29.6 Å². The molecule has 56 heavy (non-hydrogen) atoms. The van der Waals surface area contributed by atoms with E-state index in [1.54, 1.807) is 61.9 Å². The van der Waals surface area contributed by atoms with Crippen molar-refractivity contribution in [3.8, 4) is 17.3 Å². The lowest BCUT2D eigenvalue weighted by atomic mass is 9.95. The van der Waals surface area contributed by atoms with E-state index < -0.39 is 47.3 Å². The number of carbonyl (C=O) groups is 2. The highest BCUT2D eigenvalue weighted by Crippen LogP contribution is 2.42. The quantitative estimate of drug-likeness (QED) is 0.172. The number of likely N-dealkylation sites (tertiary alicyclic amines) is 2. The van der Waals surface area contributed by atoms with Crippen LogP contribution in [0.15, 0.2) is 54.7 Å². The lowest BCUT2D eigenvalue weighted by molar-refractivity contribution is -0.125. The normalized spacial score (nSPS) is 25.3. The molecule has 0 bridgehead atoms. The number of nitrogens with zero attached hydrogens (tertiary/aromatic N) is 7. The van der Waals surface area contributed by atoms with Crippen molar-refractivity contribution in [1.29, 1.82) is 0 Å². The number of carbonyl (C=O) groups excluding carboxylic acids is 2. The van der Waals surface area contributed by atoms with Crippen molar-refractivity contribution in [2.24, 2.45) is 0 Å². The molecule has 5 atom stereocenters. The van der Waals surface area contributed by atoms with Crippen LogP contribution in [-0.2, 0) is 9.53 Å². The number of amides is 2. The molecule has 4 aromatic rings. The molecule has 15 heteroatoms. The van der Waals surface area contributed by atoms with Gasteiger partial charge in [-0.05, 0) is 58.0 Å². The number of alkyl halides is 2. The number of halogens is 4. The topological polar surface area (TPSA) is 104 Å². The summed E-state index contributed by atoms with van der Waals surface area (Å²) in [7, 11) is 1.64. The number of ether oxygens (including phenoxy) is 2. The first kappa shape index (κ1) is 38.2. The Hall–Kier alpha value is -4.69. The van der Waals surface area contributed by atoms with Crippen LogP contribution >= 0.6 is 11.6 Å². The van der Waals surface area contributed by atoms with Gasteiger partial charge in [-0.1, -0.05) is 48.0 Å². The minimum absolute atomic E-state index is 0.0153. The Morgan fingerprint density at radius 3 is 2.62 bits per heavy atom. The average molecular weight is 792 g/mol. The first-order valence-electron chi connectivity index (χ1n) is 19.1. The van der Waals surface area contributed by atoms with E-state index in [0.29, 0.717) is 41.9 Å². The third-order valence-electron chi connectivity index (χ3n) is 11.5. The molecule has 4 saturated heterocycles. The summed E-state index contributed by atoms with van der Waals surface area (Å²) in [5.41, 5.74) is -0.747. The second kappa shape index (κ2) is 14.7. The van der Waals surface area contributed by atoms with E-state index >= 15 is 8.78 Å². The van der Waals surface area contributed by atoms with Crippen LogP contribution in [0.3, 0.4) is 0 Å². The van der Waals surface area contributed by atoms with Crippen molar-refractivity contribution in [2.75, 3.05) is 51.3 Å². The van der Waals surface area contributed by atoms with Crippen molar-refractivity contribution in [3.63, 3.8) is 0 Å². The Morgan fingerprint density at radius 2 is 1.88 bits per heavy atom. The smallest absolute Gasteiger partial charge is 0.410 e. The summed E-state index contributed by atoms with van der Waals surface area (Å²) in [5, 5.41) is 2.10. The van der Waals surface area contributed by atoms with Crippen LogP contribution in [0, 0.1) is 5.82 Å². The van der Waals surface area contributed by atoms with Crippen LogP contribution < -0.4 is 9.64 Å². The molecule has 11 nitrogen and oxygen atoms in total. The Kier molecular flexibility index (Phi) is 10.0. The molecule has 4 fully saturated rings. The molecular weight excluding hydrogens is 747 g/mol. The van der Waals surface area contributed by atoms with Gasteiger partial charge in [0, 0.05) is 61.3 Å². The Morgan fingerprint density at radius 1 is 1.09 bits per heavy atom. The molecule has 2 aromatic heterocycles. The van der Waals surface area contributed by atoms with E-state index in [-0.39, 0.29) is 54.2 Å². The number of hydrogen-bond acceptors (Lipinski definition) is 9. The van der Waals surface area contributed by atoms with Gasteiger partial charge >= 0.3 is 12.1 Å². The van der Waals surface area contributed by atoms with E-state index in [9.17, 15) is 14.0 Å². The van der Waals surface area contributed by atoms with Gasteiger partial charge in [0.2, 0.25) is 5.91 Å². The Labute approximate surface area is 328 Å². The molecule has 8 rings (SSSR count). The number of hydrogen-bond donors (Lipinski definition) is 0. The standard InChI is InChI=1S/C41H45ClF3N7O4/c1-40(2,3)56-39(54)52-17-14-26(52)12-13-32(53)50-21-30(44)31(22-50)49(4)37-28-19-46-35(27-10-5-8-24-9-6-11-29(42)33(24)27)34(45)36(28)47-38(48-37)55-23-41-15-7-16-51(41)20-25(43)18-41/h5-6,8-13,19,25-26,30-31H,7,14-18,20-23H2,1-4H3/b13-12+/t25-,26+,30+,31+,41+/m1/s1. The van der Waals surface area contributed by atoms with E-state index in [2.05, 4.69) is 14.9 Å². The third-order valence-corrected chi connectivity index (χ3v) is 11.8. The summed E-state index contributed by atoms with van der Waals surface area (Å²) in [4.78, 5) is 46.3. The van der Waals surface area contributed by atoms with Gasteiger partial charge in [-0.25, -0.2) is 18.0 Å². The monoisotopic (exact) mass is 791 g/mol. The van der Waals surface area contributed by atoms with Gasteiger partial charge in [-0.2, -0.15) is 9.97 Å². The minimum atomic E-state index is -1.48. The zero-order valence-electron chi connectivity index (χ0n) is 31.9. The van der Waals surface area contributed by atoms with E-state index in [1.165, 1.54) is 17.2 Å². The van der Waals surface area contributed by atoms with Crippen LogP contribution in [-0.4, -0.2) is 124 Å². The van der Waals surface area contributed by atoms with Gasteiger partial charge in [0.25, 0.3) is 0 Å². The first-order valence-corrected chi connectivity index (χ1v) is 19.5. The predicted octanol–water partition coefficient (Wildman–Crippen LogP) is 7.14. The minimum Gasteiger partial charge on any atom is -0.461 e. The molecule has 0 saturated carbocycles. The van der Waals surface area contributed by atoms with Crippen molar-refractivity contribution < 1.29 is 32.2 Å². The van der Waals surface area contributed by atoms with E-state index in [1.807, 2.05) is 18.2 Å². The predicted molar refractivity (Wildman–Crippen MR) is 208 cm³/mol. The number of likely N-dealkylation sites (N-methyl/N-ethyl adjacent to an activating group) is 1. The summed E-state index contributed by atoms with van der Waals surface area (Å²) >= 11 is 6.62. The van der Waals surface area contributed by atoms with Gasteiger partial charge in [-0.3, -0.25) is 14.7 Å². The number of aromatic nitrogens is 3. The number of rotatable bonds is 8. The molecule has 0 unspecified atom stereocenters. The number of fused-ring (bicyclic) bond motifs is 3. The highest BCUT2D eigenvalue weighted by atomic mass is 35.5. The zero-order valence-corrected chi connectivity index (χ0v) is 32.6. The fourth-order valence-corrected chi connectivity index (χ4v) is 8.87. The number of pyridine rings is 1. The van der Waals surface area contributed by atoms with Crippen molar-refractivity contribution >= 4 is 51.1 Å². The van der Waals surface area contributed by atoms with Crippen LogP contribution in [0.5, 0.6) is 6.01 Å². The van der Waals surface area contributed by atoms with Crippen LogP contribution in [0.4, 0.5) is 23.8 Å². The van der Waals surface area contributed by atoms with Crippen molar-refractivity contribution in [1.82, 2.24) is 29.7 Å². The third kappa shape index (κ3) is 7.10. The molecule has 296 valence electrons. The maximum absolute atomic E-state index is 16.9.